The molecule has 7 nitrogen and oxygen atoms in total. The zero-order valence-electron chi connectivity index (χ0n) is 11.1. The number of benzene rings is 1. The minimum Gasteiger partial charge on any atom is -0.371 e. The van der Waals surface area contributed by atoms with Crippen LogP contribution in [0.4, 0.5) is 5.69 Å². The van der Waals surface area contributed by atoms with Crippen molar-refractivity contribution in [2.45, 2.75) is 13.8 Å². The predicted molar refractivity (Wildman–Crippen MR) is 73.3 cm³/mol. The summed E-state index contributed by atoms with van der Waals surface area (Å²) in [5.41, 5.74) is 5.14. The van der Waals surface area contributed by atoms with Gasteiger partial charge in [-0.15, -0.1) is 0 Å². The van der Waals surface area contributed by atoms with Gasteiger partial charge in [0.05, 0.1) is 16.8 Å². The van der Waals surface area contributed by atoms with Crippen molar-refractivity contribution in [2.24, 2.45) is 11.7 Å². The third-order valence-corrected chi connectivity index (χ3v) is 2.88. The molecule has 1 aromatic rings. The van der Waals surface area contributed by atoms with E-state index < -0.39 is 11.8 Å². The van der Waals surface area contributed by atoms with Crippen LogP contribution in [0, 0.1) is 0 Å². The lowest BCUT2D eigenvalue weighted by atomic mass is 10.0. The standard InChI is InChI=1S/C12H19N5O2/c1-3-17(4-2)9-7-5-6-8(11(18)15-13)10(9)12(19)16-14/h5-7H,3-4,13-14H2,1-2H3,(H,15,18)(H,16,19). The summed E-state index contributed by atoms with van der Waals surface area (Å²) in [6.45, 7) is 5.33. The molecule has 2 amide bonds. The molecule has 0 heterocycles. The Hall–Kier alpha value is -2.12. The maximum Gasteiger partial charge on any atom is 0.268 e. The molecule has 0 spiro atoms. The van der Waals surface area contributed by atoms with E-state index in [0.29, 0.717) is 18.8 Å². The molecule has 0 atom stereocenters. The van der Waals surface area contributed by atoms with E-state index in [0.717, 1.165) is 0 Å². The van der Waals surface area contributed by atoms with Crippen LogP contribution < -0.4 is 27.4 Å². The summed E-state index contributed by atoms with van der Waals surface area (Å²) in [5.74, 6) is 9.25. The Morgan fingerprint density at radius 2 is 1.68 bits per heavy atom. The molecular weight excluding hydrogens is 246 g/mol. The zero-order valence-corrected chi connectivity index (χ0v) is 11.1. The summed E-state index contributed by atoms with van der Waals surface area (Å²) >= 11 is 0. The van der Waals surface area contributed by atoms with Crippen molar-refractivity contribution in [1.82, 2.24) is 10.9 Å². The Morgan fingerprint density at radius 1 is 1.11 bits per heavy atom. The molecule has 1 aromatic carbocycles. The summed E-state index contributed by atoms with van der Waals surface area (Å²) in [6, 6.07) is 5.00. The van der Waals surface area contributed by atoms with Gasteiger partial charge in [-0.25, -0.2) is 11.7 Å². The first kappa shape index (κ1) is 14.9. The molecule has 104 valence electrons. The fourth-order valence-electron chi connectivity index (χ4n) is 1.95. The number of carbonyl (C=O) groups is 2. The molecule has 19 heavy (non-hydrogen) atoms. The molecule has 7 heteroatoms. The topological polar surface area (TPSA) is 113 Å². The number of nitrogens with two attached hydrogens (primary N) is 2. The van der Waals surface area contributed by atoms with Crippen LogP contribution in [0.5, 0.6) is 0 Å². The molecule has 0 unspecified atom stereocenters. The molecule has 0 aliphatic carbocycles. The number of anilines is 1. The first-order valence-corrected chi connectivity index (χ1v) is 6.00. The van der Waals surface area contributed by atoms with Gasteiger partial charge in [0.2, 0.25) is 0 Å². The maximum absolute atomic E-state index is 11.9. The van der Waals surface area contributed by atoms with Gasteiger partial charge in [-0.1, -0.05) is 6.07 Å². The van der Waals surface area contributed by atoms with Crippen molar-refractivity contribution in [1.29, 1.82) is 0 Å². The number of rotatable bonds is 5. The number of hydrazine groups is 2. The normalized spacial score (nSPS) is 9.89. The fraction of sp³-hybridized carbons (Fsp3) is 0.333. The van der Waals surface area contributed by atoms with Crippen LogP contribution in [-0.2, 0) is 0 Å². The van der Waals surface area contributed by atoms with E-state index in [1.165, 1.54) is 6.07 Å². The molecule has 6 N–H and O–H groups in total. The predicted octanol–water partition coefficient (Wildman–Crippen LogP) is -0.260. The average Bonchev–Trinajstić information content (AvgIpc) is 2.46. The second-order valence-corrected chi connectivity index (χ2v) is 3.82. The first-order chi connectivity index (χ1) is 9.10. The Morgan fingerprint density at radius 3 is 2.16 bits per heavy atom. The van der Waals surface area contributed by atoms with Gasteiger partial charge in [-0.05, 0) is 26.0 Å². The lowest BCUT2D eigenvalue weighted by Gasteiger charge is -2.24. The van der Waals surface area contributed by atoms with E-state index in [1.807, 2.05) is 24.2 Å². The number of carbonyl (C=O) groups excluding carboxylic acids is 2. The summed E-state index contributed by atoms with van der Waals surface area (Å²) in [5, 5.41) is 0. The highest BCUT2D eigenvalue weighted by Gasteiger charge is 2.22. The van der Waals surface area contributed by atoms with Gasteiger partial charge in [0.25, 0.3) is 11.8 Å². The SMILES string of the molecule is CCN(CC)c1cccc(C(=O)NN)c1C(=O)NN. The quantitative estimate of drug-likeness (QED) is 0.333. The van der Waals surface area contributed by atoms with Gasteiger partial charge >= 0.3 is 0 Å². The van der Waals surface area contributed by atoms with E-state index in [-0.39, 0.29) is 11.1 Å². The van der Waals surface area contributed by atoms with Crippen molar-refractivity contribution < 1.29 is 9.59 Å². The molecule has 0 saturated carbocycles. The molecule has 0 aliphatic heterocycles. The maximum atomic E-state index is 11.9. The van der Waals surface area contributed by atoms with E-state index >= 15 is 0 Å². The summed E-state index contributed by atoms with van der Waals surface area (Å²) in [4.78, 5) is 25.6. The Balaban J connectivity index is 3.46. The van der Waals surface area contributed by atoms with Gasteiger partial charge in [0, 0.05) is 13.1 Å². The van der Waals surface area contributed by atoms with Crippen LogP contribution in [0.2, 0.25) is 0 Å². The van der Waals surface area contributed by atoms with Crippen molar-refractivity contribution in [3.05, 3.63) is 29.3 Å². The monoisotopic (exact) mass is 265 g/mol. The smallest absolute Gasteiger partial charge is 0.268 e. The molecule has 0 aliphatic rings. The third kappa shape index (κ3) is 3.01. The summed E-state index contributed by atoms with van der Waals surface area (Å²) < 4.78 is 0. The third-order valence-electron chi connectivity index (χ3n) is 2.88. The van der Waals surface area contributed by atoms with E-state index in [9.17, 15) is 9.59 Å². The van der Waals surface area contributed by atoms with Crippen molar-refractivity contribution >= 4 is 17.5 Å². The van der Waals surface area contributed by atoms with Crippen LogP contribution >= 0.6 is 0 Å². The number of nitrogen functional groups attached to an aromatic ring is 2. The Labute approximate surface area is 111 Å². The molecule has 0 radical (unpaired) electrons. The molecule has 0 bridgehead atoms. The Kier molecular flexibility index (Phi) is 5.28. The van der Waals surface area contributed by atoms with Gasteiger partial charge in [-0.2, -0.15) is 0 Å². The number of nitrogens with zero attached hydrogens (tertiary/aromatic N) is 1. The Bertz CT molecular complexity index is 471. The number of nitrogens with one attached hydrogen (secondary N) is 2. The molecule has 0 saturated heterocycles. The first-order valence-electron chi connectivity index (χ1n) is 6.00. The summed E-state index contributed by atoms with van der Waals surface area (Å²) in [7, 11) is 0. The van der Waals surface area contributed by atoms with Gasteiger partial charge in [0.15, 0.2) is 0 Å². The zero-order chi connectivity index (χ0) is 14.4. The number of amides is 2. The molecule has 1 rings (SSSR count). The summed E-state index contributed by atoms with van der Waals surface area (Å²) in [6.07, 6.45) is 0. The largest absolute Gasteiger partial charge is 0.371 e. The van der Waals surface area contributed by atoms with Crippen LogP contribution in [0.25, 0.3) is 0 Å². The van der Waals surface area contributed by atoms with E-state index in [4.69, 9.17) is 11.7 Å². The van der Waals surface area contributed by atoms with Crippen LogP contribution in [0.1, 0.15) is 34.6 Å². The highest BCUT2D eigenvalue weighted by Crippen LogP contribution is 2.24. The van der Waals surface area contributed by atoms with E-state index in [1.54, 1.807) is 12.1 Å². The second-order valence-electron chi connectivity index (χ2n) is 3.82. The van der Waals surface area contributed by atoms with Crippen LogP contribution in [0.3, 0.4) is 0 Å². The minimum absolute atomic E-state index is 0.190. The lowest BCUT2D eigenvalue weighted by molar-refractivity contribution is 0.0920. The average molecular weight is 265 g/mol. The highest BCUT2D eigenvalue weighted by atomic mass is 16.2. The number of hydrogen-bond donors (Lipinski definition) is 4. The fourth-order valence-corrected chi connectivity index (χ4v) is 1.95. The van der Waals surface area contributed by atoms with Crippen LogP contribution in [0.15, 0.2) is 18.2 Å². The molecule has 0 fully saturated rings. The molecular formula is C12H19N5O2. The van der Waals surface area contributed by atoms with Crippen LogP contribution in [-0.4, -0.2) is 24.9 Å². The van der Waals surface area contributed by atoms with Gasteiger partial charge in [-0.3, -0.25) is 20.4 Å². The number of hydrogen-bond acceptors (Lipinski definition) is 5. The van der Waals surface area contributed by atoms with Crippen molar-refractivity contribution in [3.8, 4) is 0 Å². The van der Waals surface area contributed by atoms with Gasteiger partial charge in [0.1, 0.15) is 0 Å². The minimum atomic E-state index is -0.535. The highest BCUT2D eigenvalue weighted by molar-refractivity contribution is 6.10. The molecule has 0 aromatic heterocycles. The lowest BCUT2D eigenvalue weighted by Crippen LogP contribution is -2.37. The van der Waals surface area contributed by atoms with Gasteiger partial charge < -0.3 is 4.90 Å². The van der Waals surface area contributed by atoms with Crippen molar-refractivity contribution in [2.75, 3.05) is 18.0 Å². The van der Waals surface area contributed by atoms with E-state index in [2.05, 4.69) is 5.43 Å². The second kappa shape index (κ2) is 6.72. The van der Waals surface area contributed by atoms with Crippen molar-refractivity contribution in [3.63, 3.8) is 0 Å².